The fourth-order valence-corrected chi connectivity index (χ4v) is 2.77. The molecule has 9 nitrogen and oxygen atoms in total. The number of methoxy groups -OCH3 is 1. The van der Waals surface area contributed by atoms with Gasteiger partial charge in [-0.3, -0.25) is 24.6 Å². The van der Waals surface area contributed by atoms with E-state index in [-0.39, 0.29) is 18.1 Å². The Morgan fingerprint density at radius 1 is 1.44 bits per heavy atom. The van der Waals surface area contributed by atoms with Gasteiger partial charge in [0.25, 0.3) is 0 Å². The largest absolute Gasteiger partial charge is 0.475 e. The van der Waals surface area contributed by atoms with E-state index >= 15 is 0 Å². The predicted molar refractivity (Wildman–Crippen MR) is 93.5 cm³/mol. The number of hydrogen-bond donors (Lipinski definition) is 1. The quantitative estimate of drug-likeness (QED) is 0.515. The smallest absolute Gasteiger partial charge is 0.350 e. The molecule has 0 saturated carbocycles. The molecule has 3 rings (SSSR count). The minimum atomic E-state index is -0.619. The van der Waals surface area contributed by atoms with Crippen LogP contribution in [0.3, 0.4) is 0 Å². The Balaban J connectivity index is 1.82. The lowest BCUT2D eigenvalue weighted by molar-refractivity contribution is -0.385. The van der Waals surface area contributed by atoms with E-state index in [0.29, 0.717) is 11.2 Å². The Morgan fingerprint density at radius 2 is 2.24 bits per heavy atom. The molecule has 1 N–H and O–H groups in total. The molecule has 1 aromatic carbocycles. The normalized spacial score (nSPS) is 10.6. The van der Waals surface area contributed by atoms with Crippen LogP contribution in [0, 0.1) is 10.1 Å². The predicted octanol–water partition coefficient (Wildman–Crippen LogP) is 2.75. The van der Waals surface area contributed by atoms with Crippen LogP contribution < -0.4 is 10.1 Å². The van der Waals surface area contributed by atoms with Crippen molar-refractivity contribution in [3.05, 3.63) is 51.2 Å². The van der Waals surface area contributed by atoms with Crippen molar-refractivity contribution in [1.82, 2.24) is 14.8 Å². The second kappa shape index (κ2) is 6.85. The zero-order valence-electron chi connectivity index (χ0n) is 13.0. The zero-order valence-corrected chi connectivity index (χ0v) is 14.6. The summed E-state index contributed by atoms with van der Waals surface area (Å²) in [6.45, 7) is -0.200. The Hall–Kier alpha value is -3.01. The van der Waals surface area contributed by atoms with Crippen LogP contribution in [0.15, 0.2) is 41.1 Å². The highest BCUT2D eigenvalue weighted by molar-refractivity contribution is 9.10. The van der Waals surface area contributed by atoms with Gasteiger partial charge in [0.15, 0.2) is 0 Å². The number of nitrogens with zero attached hydrogens (tertiary/aromatic N) is 4. The number of nitrogens with one attached hydrogen (secondary N) is 1. The van der Waals surface area contributed by atoms with Crippen molar-refractivity contribution in [2.24, 2.45) is 0 Å². The van der Waals surface area contributed by atoms with E-state index in [4.69, 9.17) is 4.74 Å². The maximum atomic E-state index is 12.3. The van der Waals surface area contributed by atoms with Crippen LogP contribution >= 0.6 is 15.9 Å². The summed E-state index contributed by atoms with van der Waals surface area (Å²) in [4.78, 5) is 26.8. The third-order valence-electron chi connectivity index (χ3n) is 3.40. The summed E-state index contributed by atoms with van der Waals surface area (Å²) in [6.07, 6.45) is 2.78. The maximum Gasteiger partial charge on any atom is 0.350 e. The van der Waals surface area contributed by atoms with Gasteiger partial charge < -0.3 is 10.1 Å². The van der Waals surface area contributed by atoms with Crippen molar-refractivity contribution in [2.45, 2.75) is 6.54 Å². The fourth-order valence-electron chi connectivity index (χ4n) is 2.32. The van der Waals surface area contributed by atoms with Crippen molar-refractivity contribution in [1.29, 1.82) is 0 Å². The minimum absolute atomic E-state index is 0.145. The average molecular weight is 406 g/mol. The summed E-state index contributed by atoms with van der Waals surface area (Å²) in [7, 11) is 1.28. The monoisotopic (exact) mass is 405 g/mol. The van der Waals surface area contributed by atoms with Crippen molar-refractivity contribution in [3.63, 3.8) is 0 Å². The van der Waals surface area contributed by atoms with Crippen LogP contribution in [0.2, 0.25) is 0 Å². The van der Waals surface area contributed by atoms with Gasteiger partial charge in [0.2, 0.25) is 5.91 Å². The lowest BCUT2D eigenvalue weighted by Gasteiger charge is -2.09. The lowest BCUT2D eigenvalue weighted by atomic mass is 10.2. The van der Waals surface area contributed by atoms with Crippen molar-refractivity contribution < 1.29 is 14.5 Å². The van der Waals surface area contributed by atoms with Gasteiger partial charge in [0.05, 0.1) is 23.2 Å². The first-order valence-corrected chi connectivity index (χ1v) is 7.88. The number of carbonyl (C=O) groups excluding carboxylic acids is 1. The van der Waals surface area contributed by atoms with Gasteiger partial charge >= 0.3 is 11.6 Å². The van der Waals surface area contributed by atoms with Crippen molar-refractivity contribution in [3.8, 4) is 5.88 Å². The molecule has 0 aliphatic rings. The van der Waals surface area contributed by atoms with Gasteiger partial charge in [-0.25, -0.2) is 0 Å². The molecule has 0 fully saturated rings. The van der Waals surface area contributed by atoms with E-state index < -0.39 is 10.8 Å². The highest BCUT2D eigenvalue weighted by atomic mass is 79.9. The number of amides is 1. The van der Waals surface area contributed by atoms with E-state index in [1.165, 1.54) is 7.11 Å². The summed E-state index contributed by atoms with van der Waals surface area (Å²) in [5.41, 5.74) is 0.873. The van der Waals surface area contributed by atoms with Crippen molar-refractivity contribution in [2.75, 3.05) is 12.4 Å². The molecule has 2 aromatic heterocycles. The SMILES string of the molecule is COc1nn(CC(=O)Nc2ccc(Br)c3cccnc23)cc1[N+](=O)[O-]. The van der Waals surface area contributed by atoms with Crippen LogP contribution in [-0.2, 0) is 11.3 Å². The van der Waals surface area contributed by atoms with E-state index in [0.717, 1.165) is 20.7 Å². The number of aromatic nitrogens is 3. The molecule has 25 heavy (non-hydrogen) atoms. The Kier molecular flexibility index (Phi) is 4.61. The second-order valence-electron chi connectivity index (χ2n) is 5.02. The molecule has 3 aromatic rings. The third-order valence-corrected chi connectivity index (χ3v) is 4.09. The Bertz CT molecular complexity index is 972. The molecule has 0 atom stereocenters. The van der Waals surface area contributed by atoms with Crippen molar-refractivity contribution >= 4 is 44.1 Å². The minimum Gasteiger partial charge on any atom is -0.475 e. The van der Waals surface area contributed by atoms with Crippen LogP contribution in [0.25, 0.3) is 10.9 Å². The van der Waals surface area contributed by atoms with E-state index in [9.17, 15) is 14.9 Å². The number of ether oxygens (including phenoxy) is 1. The Labute approximate surface area is 149 Å². The number of hydrogen-bond acceptors (Lipinski definition) is 6. The molecule has 128 valence electrons. The second-order valence-corrected chi connectivity index (χ2v) is 5.88. The standard InChI is InChI=1S/C15H12BrN5O4/c1-25-15-12(21(23)24)7-20(19-15)8-13(22)18-11-5-4-10(16)9-3-2-6-17-14(9)11/h2-7H,8H2,1H3,(H,18,22). The van der Waals surface area contributed by atoms with Gasteiger partial charge in [0.1, 0.15) is 12.7 Å². The van der Waals surface area contributed by atoms with Crippen LogP contribution in [-0.4, -0.2) is 32.7 Å². The first kappa shape index (κ1) is 16.8. The first-order chi connectivity index (χ1) is 12.0. The summed E-state index contributed by atoms with van der Waals surface area (Å²) < 4.78 is 6.85. The highest BCUT2D eigenvalue weighted by Gasteiger charge is 2.21. The molecule has 0 spiro atoms. The highest BCUT2D eigenvalue weighted by Crippen LogP contribution is 2.28. The molecule has 10 heteroatoms. The number of benzene rings is 1. The number of anilines is 1. The number of rotatable bonds is 5. The van der Waals surface area contributed by atoms with Gasteiger partial charge in [-0.1, -0.05) is 22.0 Å². The molecule has 0 saturated heterocycles. The molecule has 1 amide bonds. The molecular weight excluding hydrogens is 394 g/mol. The first-order valence-electron chi connectivity index (χ1n) is 7.08. The fraction of sp³-hybridized carbons (Fsp3) is 0.133. The van der Waals surface area contributed by atoms with E-state index in [1.807, 2.05) is 6.07 Å². The number of nitro groups is 1. The summed E-state index contributed by atoms with van der Waals surface area (Å²) >= 11 is 3.44. The number of halogens is 1. The van der Waals surface area contributed by atoms with Gasteiger partial charge in [-0.05, 0) is 18.2 Å². The number of fused-ring (bicyclic) bond motifs is 1. The van der Waals surface area contributed by atoms with E-state index in [2.05, 4.69) is 31.3 Å². The van der Waals surface area contributed by atoms with Gasteiger partial charge in [-0.15, -0.1) is 5.10 Å². The van der Waals surface area contributed by atoms with Crippen LogP contribution in [0.4, 0.5) is 11.4 Å². The van der Waals surface area contributed by atoms with Gasteiger partial charge in [-0.2, -0.15) is 0 Å². The topological polar surface area (TPSA) is 112 Å². The average Bonchev–Trinajstić information content (AvgIpc) is 3.01. The summed E-state index contributed by atoms with van der Waals surface area (Å²) in [6, 6.07) is 7.21. The van der Waals surface area contributed by atoms with Gasteiger partial charge in [0, 0.05) is 16.1 Å². The van der Waals surface area contributed by atoms with Crippen LogP contribution in [0.5, 0.6) is 5.88 Å². The molecule has 0 unspecified atom stereocenters. The molecule has 0 radical (unpaired) electrons. The summed E-state index contributed by atoms with van der Waals surface area (Å²) in [5.74, 6) is -0.539. The number of pyridine rings is 1. The Morgan fingerprint density at radius 3 is 2.92 bits per heavy atom. The lowest BCUT2D eigenvalue weighted by Crippen LogP contribution is -2.19. The molecular formula is C15H12BrN5O4. The zero-order chi connectivity index (χ0) is 18.0. The molecule has 0 bridgehead atoms. The molecule has 0 aliphatic heterocycles. The summed E-state index contributed by atoms with van der Waals surface area (Å²) in [5, 5.41) is 18.4. The third kappa shape index (κ3) is 3.43. The van der Waals surface area contributed by atoms with Crippen LogP contribution in [0.1, 0.15) is 0 Å². The molecule has 2 heterocycles. The maximum absolute atomic E-state index is 12.3. The number of carbonyl (C=O) groups is 1. The van der Waals surface area contributed by atoms with E-state index in [1.54, 1.807) is 24.4 Å². The molecule has 0 aliphatic carbocycles.